The average Bonchev–Trinajstić information content (AvgIpc) is 3.22. The van der Waals surface area contributed by atoms with Crippen LogP contribution in [0.25, 0.3) is 11.0 Å². The summed E-state index contributed by atoms with van der Waals surface area (Å²) < 4.78 is 7.57. The van der Waals surface area contributed by atoms with Crippen LogP contribution in [0.4, 0.5) is 0 Å². The van der Waals surface area contributed by atoms with E-state index in [0.717, 1.165) is 24.9 Å². The zero-order valence-corrected chi connectivity index (χ0v) is 19.2. The minimum Gasteiger partial charge on any atom is -0.378 e. The topological polar surface area (TPSA) is 64.4 Å². The molecule has 0 unspecified atom stereocenters. The van der Waals surface area contributed by atoms with Gasteiger partial charge in [-0.15, -0.1) is 0 Å². The van der Waals surface area contributed by atoms with Crippen LogP contribution < -0.4 is 0 Å². The van der Waals surface area contributed by atoms with E-state index in [9.17, 15) is 9.59 Å². The highest BCUT2D eigenvalue weighted by Gasteiger charge is 2.27. The standard InChI is InChI=1S/C27H31N3O3/c1-19(31)23-15-25-26(28-16-23)24(27(32)29-11-13-33-14-12-29)18-30(25)17-20-7-9-22(10-8-20)21-5-3-2-4-6-21/h2-6,15-16,18,20,22H,7-14,17H2,1H3. The molecule has 1 aliphatic heterocycles. The normalized spacial score (nSPS) is 21.3. The van der Waals surface area contributed by atoms with Crippen molar-refractivity contribution < 1.29 is 14.3 Å². The van der Waals surface area contributed by atoms with Crippen LogP contribution in [0.1, 0.15) is 64.8 Å². The van der Waals surface area contributed by atoms with Gasteiger partial charge in [0.2, 0.25) is 0 Å². The number of ketones is 1. The number of hydrogen-bond acceptors (Lipinski definition) is 4. The van der Waals surface area contributed by atoms with E-state index in [1.807, 2.05) is 17.2 Å². The van der Waals surface area contributed by atoms with Gasteiger partial charge < -0.3 is 14.2 Å². The lowest BCUT2D eigenvalue weighted by molar-refractivity contribution is 0.0304. The van der Waals surface area contributed by atoms with E-state index >= 15 is 0 Å². The number of carbonyl (C=O) groups excluding carboxylic acids is 2. The molecule has 172 valence electrons. The van der Waals surface area contributed by atoms with E-state index in [1.165, 1.54) is 18.4 Å². The molecule has 6 heteroatoms. The van der Waals surface area contributed by atoms with Crippen molar-refractivity contribution in [2.24, 2.45) is 5.92 Å². The minimum atomic E-state index is -0.0124. The van der Waals surface area contributed by atoms with Crippen LogP contribution in [0.3, 0.4) is 0 Å². The summed E-state index contributed by atoms with van der Waals surface area (Å²) in [5.74, 6) is 1.17. The molecule has 0 atom stereocenters. The average molecular weight is 446 g/mol. The zero-order chi connectivity index (χ0) is 22.8. The fraction of sp³-hybridized carbons (Fsp3) is 0.444. The summed E-state index contributed by atoms with van der Waals surface area (Å²) in [5.41, 5.74) is 4.22. The molecule has 1 saturated carbocycles. The van der Waals surface area contributed by atoms with Gasteiger partial charge in [0.1, 0.15) is 5.52 Å². The molecule has 33 heavy (non-hydrogen) atoms. The number of hydrogen-bond donors (Lipinski definition) is 0. The number of ether oxygens (including phenoxy) is 1. The predicted molar refractivity (Wildman–Crippen MR) is 128 cm³/mol. The van der Waals surface area contributed by atoms with Crippen LogP contribution in [0.2, 0.25) is 0 Å². The molecule has 2 aromatic heterocycles. The molecule has 0 bridgehead atoms. The monoisotopic (exact) mass is 445 g/mol. The summed E-state index contributed by atoms with van der Waals surface area (Å²) in [4.78, 5) is 31.7. The summed E-state index contributed by atoms with van der Waals surface area (Å²) in [6, 6.07) is 12.7. The highest BCUT2D eigenvalue weighted by Crippen LogP contribution is 2.37. The number of benzene rings is 1. The highest BCUT2D eigenvalue weighted by atomic mass is 16.5. The van der Waals surface area contributed by atoms with Crippen molar-refractivity contribution in [3.05, 3.63) is 65.5 Å². The molecule has 0 N–H and O–H groups in total. The Kier molecular flexibility index (Phi) is 6.27. The van der Waals surface area contributed by atoms with Crippen LogP contribution in [-0.4, -0.2) is 52.4 Å². The SMILES string of the molecule is CC(=O)c1cnc2c(C(=O)N3CCOCC3)cn(CC3CCC(c4ccccc4)CC3)c2c1. The van der Waals surface area contributed by atoms with Gasteiger partial charge in [0.05, 0.1) is 24.3 Å². The molecule has 3 heterocycles. The van der Waals surface area contributed by atoms with E-state index in [4.69, 9.17) is 4.74 Å². The fourth-order valence-corrected chi connectivity index (χ4v) is 5.28. The Morgan fingerprint density at radius 1 is 1.06 bits per heavy atom. The van der Waals surface area contributed by atoms with Crippen molar-refractivity contribution in [2.75, 3.05) is 26.3 Å². The largest absolute Gasteiger partial charge is 0.378 e. The number of rotatable bonds is 5. The number of morpholine rings is 1. The fourth-order valence-electron chi connectivity index (χ4n) is 5.28. The van der Waals surface area contributed by atoms with Crippen molar-refractivity contribution in [1.82, 2.24) is 14.5 Å². The van der Waals surface area contributed by atoms with Crippen molar-refractivity contribution in [3.63, 3.8) is 0 Å². The second kappa shape index (κ2) is 9.48. The number of pyridine rings is 1. The predicted octanol–water partition coefficient (Wildman–Crippen LogP) is 4.69. The second-order valence-corrected chi connectivity index (χ2v) is 9.38. The van der Waals surface area contributed by atoms with Gasteiger partial charge in [0.25, 0.3) is 5.91 Å². The summed E-state index contributed by atoms with van der Waals surface area (Å²) in [5, 5.41) is 0. The molecule has 1 aromatic carbocycles. The molecular formula is C27H31N3O3. The smallest absolute Gasteiger partial charge is 0.257 e. The van der Waals surface area contributed by atoms with Crippen LogP contribution in [0.15, 0.2) is 48.8 Å². The maximum atomic E-state index is 13.3. The lowest BCUT2D eigenvalue weighted by Crippen LogP contribution is -2.40. The second-order valence-electron chi connectivity index (χ2n) is 9.38. The molecular weight excluding hydrogens is 414 g/mol. The van der Waals surface area contributed by atoms with Gasteiger partial charge in [0.15, 0.2) is 5.78 Å². The summed E-state index contributed by atoms with van der Waals surface area (Å²) >= 11 is 0. The maximum Gasteiger partial charge on any atom is 0.257 e. The molecule has 6 nitrogen and oxygen atoms in total. The van der Waals surface area contributed by atoms with Crippen LogP contribution in [-0.2, 0) is 11.3 Å². The van der Waals surface area contributed by atoms with Gasteiger partial charge in [-0.25, -0.2) is 0 Å². The van der Waals surface area contributed by atoms with Gasteiger partial charge in [-0.3, -0.25) is 14.6 Å². The molecule has 0 spiro atoms. The van der Waals surface area contributed by atoms with E-state index in [0.29, 0.717) is 54.8 Å². The molecule has 3 aromatic rings. The Balaban J connectivity index is 1.39. The molecule has 1 saturated heterocycles. The first-order chi connectivity index (χ1) is 16.1. The Bertz CT molecular complexity index is 1140. The summed E-state index contributed by atoms with van der Waals surface area (Å²) in [6.45, 7) is 4.73. The Morgan fingerprint density at radius 2 is 1.79 bits per heavy atom. The first-order valence-electron chi connectivity index (χ1n) is 12.0. The number of fused-ring (bicyclic) bond motifs is 1. The number of carbonyl (C=O) groups is 2. The maximum absolute atomic E-state index is 13.3. The Hall–Kier alpha value is -2.99. The van der Waals surface area contributed by atoms with Crippen molar-refractivity contribution in [3.8, 4) is 0 Å². The first kappa shape index (κ1) is 21.8. The Labute approximate surface area is 194 Å². The lowest BCUT2D eigenvalue weighted by atomic mass is 9.78. The third kappa shape index (κ3) is 4.58. The molecule has 1 amide bonds. The summed E-state index contributed by atoms with van der Waals surface area (Å²) in [6.07, 6.45) is 8.24. The van der Waals surface area contributed by atoms with Crippen molar-refractivity contribution in [1.29, 1.82) is 0 Å². The zero-order valence-electron chi connectivity index (χ0n) is 19.2. The quantitative estimate of drug-likeness (QED) is 0.535. The van der Waals surface area contributed by atoms with Gasteiger partial charge >= 0.3 is 0 Å². The minimum absolute atomic E-state index is 0.00193. The van der Waals surface area contributed by atoms with Crippen molar-refractivity contribution in [2.45, 2.75) is 45.1 Å². The third-order valence-electron chi connectivity index (χ3n) is 7.22. The summed E-state index contributed by atoms with van der Waals surface area (Å²) in [7, 11) is 0. The lowest BCUT2D eigenvalue weighted by Gasteiger charge is -2.29. The molecule has 1 aliphatic carbocycles. The number of nitrogens with zero attached hydrogens (tertiary/aromatic N) is 3. The first-order valence-corrected chi connectivity index (χ1v) is 12.0. The highest BCUT2D eigenvalue weighted by molar-refractivity contribution is 6.07. The van der Waals surface area contributed by atoms with Crippen molar-refractivity contribution >= 4 is 22.7 Å². The van der Waals surface area contributed by atoms with E-state index in [1.54, 1.807) is 13.1 Å². The number of Topliss-reactive ketones (excluding diaryl/α,β-unsaturated/α-hetero) is 1. The van der Waals surface area contributed by atoms with Gasteiger partial charge in [-0.05, 0) is 56.1 Å². The van der Waals surface area contributed by atoms with Crippen LogP contribution in [0, 0.1) is 5.92 Å². The van der Waals surface area contributed by atoms with Crippen LogP contribution >= 0.6 is 0 Å². The molecule has 0 radical (unpaired) electrons. The van der Waals surface area contributed by atoms with Gasteiger partial charge in [0, 0.05) is 37.6 Å². The Morgan fingerprint density at radius 3 is 2.48 bits per heavy atom. The number of aromatic nitrogens is 2. The number of amides is 1. The van der Waals surface area contributed by atoms with Crippen LogP contribution in [0.5, 0.6) is 0 Å². The van der Waals surface area contributed by atoms with Gasteiger partial charge in [-0.1, -0.05) is 30.3 Å². The van der Waals surface area contributed by atoms with Gasteiger partial charge in [-0.2, -0.15) is 0 Å². The molecule has 2 fully saturated rings. The van der Waals surface area contributed by atoms with E-state index in [-0.39, 0.29) is 11.7 Å². The molecule has 5 rings (SSSR count). The van der Waals surface area contributed by atoms with E-state index < -0.39 is 0 Å². The third-order valence-corrected chi connectivity index (χ3v) is 7.22. The van der Waals surface area contributed by atoms with E-state index in [2.05, 4.69) is 39.9 Å². The molecule has 2 aliphatic rings.